The number of carbonyl (C=O) groups excluding carboxylic acids is 3. The van der Waals surface area contributed by atoms with Gasteiger partial charge in [0, 0.05) is 16.4 Å². The van der Waals surface area contributed by atoms with Gasteiger partial charge in [-0.1, -0.05) is 53.0 Å². The summed E-state index contributed by atoms with van der Waals surface area (Å²) in [6.07, 6.45) is -4.79. The van der Waals surface area contributed by atoms with E-state index in [2.05, 4.69) is 10.6 Å². The summed E-state index contributed by atoms with van der Waals surface area (Å²) in [5.74, 6) is -1.91. The van der Waals surface area contributed by atoms with E-state index in [1.165, 1.54) is 12.1 Å². The van der Waals surface area contributed by atoms with E-state index in [4.69, 9.17) is 34.8 Å². The highest BCUT2D eigenvalue weighted by Gasteiger charge is 2.39. The summed E-state index contributed by atoms with van der Waals surface area (Å²) < 4.78 is 39.1. The van der Waals surface area contributed by atoms with E-state index < -0.39 is 34.5 Å². The van der Waals surface area contributed by atoms with Gasteiger partial charge in [0.25, 0.3) is 11.8 Å². The van der Waals surface area contributed by atoms with Crippen molar-refractivity contribution in [3.63, 3.8) is 0 Å². The summed E-state index contributed by atoms with van der Waals surface area (Å²) in [5, 5.41) is 4.86. The maximum atomic E-state index is 13.0. The standard InChI is InChI=1S/C26H17Cl3F3N3O3/c1-13-2-8-17(12-20(13)28)35-24(37)22(29)23(25(35)38)34-15-5-3-14(4-6-15)10-21(36)33-16-7-9-19(27)18(11-16)26(30,31)32/h2-9,11-12,34H,10H2,1H3,(H,33,36). The number of aryl methyl sites for hydroxylation is 1. The average molecular weight is 583 g/mol. The van der Waals surface area contributed by atoms with Crippen molar-refractivity contribution in [3.05, 3.63) is 98.1 Å². The number of hydrogen-bond donors (Lipinski definition) is 2. The van der Waals surface area contributed by atoms with Crippen LogP contribution in [0.4, 0.5) is 30.2 Å². The fourth-order valence-corrected chi connectivity index (χ4v) is 4.24. The quantitative estimate of drug-likeness (QED) is 0.309. The number of halogens is 6. The Balaban J connectivity index is 1.42. The van der Waals surface area contributed by atoms with Crippen molar-refractivity contribution in [1.82, 2.24) is 0 Å². The largest absolute Gasteiger partial charge is 0.417 e. The van der Waals surface area contributed by atoms with Gasteiger partial charge in [-0.05, 0) is 60.5 Å². The van der Waals surface area contributed by atoms with E-state index in [-0.39, 0.29) is 28.5 Å². The summed E-state index contributed by atoms with van der Waals surface area (Å²) >= 11 is 17.9. The van der Waals surface area contributed by atoms with Crippen LogP contribution in [0.15, 0.2) is 71.4 Å². The second-order valence-electron chi connectivity index (χ2n) is 8.31. The zero-order valence-corrected chi connectivity index (χ0v) is 21.7. The van der Waals surface area contributed by atoms with Gasteiger partial charge in [-0.25, -0.2) is 4.90 Å². The SMILES string of the molecule is Cc1ccc(N2C(=O)C(Cl)=C(Nc3ccc(CC(=O)Nc4ccc(Cl)c(C(F)(F)F)c4)cc3)C2=O)cc1Cl. The molecule has 0 radical (unpaired) electrons. The molecule has 2 N–H and O–H groups in total. The highest BCUT2D eigenvalue weighted by molar-refractivity contribution is 6.53. The summed E-state index contributed by atoms with van der Waals surface area (Å²) in [4.78, 5) is 38.9. The van der Waals surface area contributed by atoms with Gasteiger partial charge in [-0.2, -0.15) is 13.2 Å². The Bertz CT molecular complexity index is 1490. The molecule has 0 saturated heterocycles. The molecule has 0 aliphatic carbocycles. The molecular formula is C26H17Cl3F3N3O3. The van der Waals surface area contributed by atoms with Crippen LogP contribution < -0.4 is 15.5 Å². The van der Waals surface area contributed by atoms with Crippen LogP contribution in [0.1, 0.15) is 16.7 Å². The normalized spacial score (nSPS) is 13.8. The zero-order valence-electron chi connectivity index (χ0n) is 19.4. The lowest BCUT2D eigenvalue weighted by Crippen LogP contribution is -2.32. The average Bonchev–Trinajstić information content (AvgIpc) is 3.05. The van der Waals surface area contributed by atoms with Crippen molar-refractivity contribution in [2.75, 3.05) is 15.5 Å². The first-order valence-corrected chi connectivity index (χ1v) is 12.1. The Morgan fingerprint density at radius 2 is 1.53 bits per heavy atom. The van der Waals surface area contributed by atoms with Crippen LogP contribution in [-0.2, 0) is 27.0 Å². The molecular weight excluding hydrogens is 566 g/mol. The minimum Gasteiger partial charge on any atom is -0.350 e. The fraction of sp³-hybridized carbons (Fsp3) is 0.115. The van der Waals surface area contributed by atoms with Crippen LogP contribution in [0.2, 0.25) is 10.0 Å². The molecule has 196 valence electrons. The molecule has 3 amide bonds. The smallest absolute Gasteiger partial charge is 0.350 e. The molecule has 3 aromatic carbocycles. The zero-order chi connectivity index (χ0) is 27.8. The van der Waals surface area contributed by atoms with Gasteiger partial charge in [-0.15, -0.1) is 0 Å². The molecule has 1 aliphatic heterocycles. The van der Waals surface area contributed by atoms with Crippen molar-refractivity contribution in [3.8, 4) is 0 Å². The van der Waals surface area contributed by atoms with E-state index in [9.17, 15) is 27.6 Å². The van der Waals surface area contributed by atoms with Crippen molar-refractivity contribution in [2.45, 2.75) is 19.5 Å². The molecule has 12 heteroatoms. The first-order chi connectivity index (χ1) is 17.8. The number of rotatable bonds is 6. The van der Waals surface area contributed by atoms with Gasteiger partial charge in [0.1, 0.15) is 10.7 Å². The maximum Gasteiger partial charge on any atom is 0.417 e. The number of carbonyl (C=O) groups is 3. The Labute approximate surface area is 230 Å². The summed E-state index contributed by atoms with van der Waals surface area (Å²) in [6, 6.07) is 14.1. The first kappa shape index (κ1) is 27.5. The van der Waals surface area contributed by atoms with Gasteiger partial charge < -0.3 is 10.6 Å². The molecule has 0 unspecified atom stereocenters. The second-order valence-corrected chi connectivity index (χ2v) is 9.50. The predicted molar refractivity (Wildman–Crippen MR) is 140 cm³/mol. The van der Waals surface area contributed by atoms with Gasteiger partial charge in [0.15, 0.2) is 0 Å². The molecule has 0 aromatic heterocycles. The lowest BCUT2D eigenvalue weighted by Gasteiger charge is -2.16. The van der Waals surface area contributed by atoms with E-state index in [0.717, 1.165) is 22.6 Å². The molecule has 0 fully saturated rings. The molecule has 1 aliphatic rings. The number of nitrogens with one attached hydrogen (secondary N) is 2. The Morgan fingerprint density at radius 1 is 0.868 bits per heavy atom. The van der Waals surface area contributed by atoms with Crippen molar-refractivity contribution < 1.29 is 27.6 Å². The molecule has 0 bridgehead atoms. The molecule has 1 heterocycles. The third-order valence-corrected chi connectivity index (χ3v) is 6.67. The van der Waals surface area contributed by atoms with Crippen LogP contribution >= 0.6 is 34.8 Å². The van der Waals surface area contributed by atoms with Crippen LogP contribution in [0.25, 0.3) is 0 Å². The van der Waals surface area contributed by atoms with E-state index in [1.54, 1.807) is 43.3 Å². The van der Waals surface area contributed by atoms with Gasteiger partial charge in [0.2, 0.25) is 5.91 Å². The summed E-state index contributed by atoms with van der Waals surface area (Å²) in [7, 11) is 0. The van der Waals surface area contributed by atoms with Crippen LogP contribution in [0, 0.1) is 6.92 Å². The third kappa shape index (κ3) is 5.80. The highest BCUT2D eigenvalue weighted by atomic mass is 35.5. The number of amides is 3. The van der Waals surface area contributed by atoms with Crippen LogP contribution in [-0.4, -0.2) is 17.7 Å². The molecule has 3 aromatic rings. The Morgan fingerprint density at radius 3 is 2.16 bits per heavy atom. The monoisotopic (exact) mass is 581 g/mol. The number of benzene rings is 3. The van der Waals surface area contributed by atoms with E-state index in [0.29, 0.717) is 16.3 Å². The van der Waals surface area contributed by atoms with Crippen LogP contribution in [0.5, 0.6) is 0 Å². The fourth-order valence-electron chi connectivity index (χ4n) is 3.63. The van der Waals surface area contributed by atoms with Crippen molar-refractivity contribution in [1.29, 1.82) is 0 Å². The highest BCUT2D eigenvalue weighted by Crippen LogP contribution is 2.36. The number of alkyl halides is 3. The second kappa shape index (κ2) is 10.7. The lowest BCUT2D eigenvalue weighted by molar-refractivity contribution is -0.137. The Kier molecular flexibility index (Phi) is 7.73. The number of nitrogens with zero attached hydrogens (tertiary/aromatic N) is 1. The molecule has 0 spiro atoms. The molecule has 38 heavy (non-hydrogen) atoms. The van der Waals surface area contributed by atoms with E-state index >= 15 is 0 Å². The van der Waals surface area contributed by atoms with Gasteiger partial charge >= 0.3 is 6.18 Å². The van der Waals surface area contributed by atoms with Gasteiger partial charge in [0.05, 0.1) is 22.7 Å². The summed E-state index contributed by atoms with van der Waals surface area (Å²) in [5.41, 5.74) is 0.791. The third-order valence-electron chi connectivity index (χ3n) is 5.58. The topological polar surface area (TPSA) is 78.5 Å². The molecule has 0 saturated carbocycles. The van der Waals surface area contributed by atoms with Crippen molar-refractivity contribution in [2.24, 2.45) is 0 Å². The van der Waals surface area contributed by atoms with Crippen LogP contribution in [0.3, 0.4) is 0 Å². The lowest BCUT2D eigenvalue weighted by atomic mass is 10.1. The predicted octanol–water partition coefficient (Wildman–Crippen LogP) is 6.94. The maximum absolute atomic E-state index is 13.0. The van der Waals surface area contributed by atoms with Gasteiger partial charge in [-0.3, -0.25) is 14.4 Å². The summed E-state index contributed by atoms with van der Waals surface area (Å²) in [6.45, 7) is 1.78. The molecule has 0 atom stereocenters. The number of hydrogen-bond acceptors (Lipinski definition) is 4. The first-order valence-electron chi connectivity index (χ1n) is 10.9. The minimum atomic E-state index is -4.66. The van der Waals surface area contributed by atoms with E-state index in [1.807, 2.05) is 0 Å². The Hall–Kier alpha value is -3.53. The number of anilines is 3. The minimum absolute atomic E-state index is 0.0459. The molecule has 6 nitrogen and oxygen atoms in total. The van der Waals surface area contributed by atoms with Crippen molar-refractivity contribution >= 4 is 69.6 Å². The molecule has 4 rings (SSSR count). The number of imide groups is 1.